The van der Waals surface area contributed by atoms with Crippen LogP contribution in [0.1, 0.15) is 24.0 Å². The number of nitrogens with one attached hydrogen (secondary N) is 2. The van der Waals surface area contributed by atoms with E-state index in [-0.39, 0.29) is 17.9 Å². The summed E-state index contributed by atoms with van der Waals surface area (Å²) >= 11 is 0. The number of rotatable bonds is 5. The Morgan fingerprint density at radius 3 is 2.74 bits per heavy atom. The minimum atomic E-state index is -0.260. The first-order valence-electron chi connectivity index (χ1n) is 8.17. The highest BCUT2D eigenvalue weighted by Crippen LogP contribution is 2.14. The van der Waals surface area contributed by atoms with Gasteiger partial charge in [0.1, 0.15) is 6.04 Å². The lowest BCUT2D eigenvalue weighted by Gasteiger charge is -2.22. The van der Waals surface area contributed by atoms with Crippen LogP contribution in [0, 0.1) is 0 Å². The lowest BCUT2D eigenvalue weighted by Crippen LogP contribution is -2.51. The maximum atomic E-state index is 12.0. The fourth-order valence-electron chi connectivity index (χ4n) is 2.90. The van der Waals surface area contributed by atoms with E-state index in [1.165, 1.54) is 0 Å². The number of carbonyl (C=O) groups excluding carboxylic acids is 2. The molecular weight excluding hydrogens is 294 g/mol. The molecule has 2 saturated heterocycles. The van der Waals surface area contributed by atoms with Gasteiger partial charge in [0.25, 0.3) is 0 Å². The summed E-state index contributed by atoms with van der Waals surface area (Å²) in [4.78, 5) is 25.5. The summed E-state index contributed by atoms with van der Waals surface area (Å²) in [6.07, 6.45) is 1.63. The molecule has 1 aromatic rings. The Hall–Kier alpha value is -1.92. The van der Waals surface area contributed by atoms with Gasteiger partial charge in [0.05, 0.1) is 13.2 Å². The van der Waals surface area contributed by atoms with Crippen molar-refractivity contribution in [2.45, 2.75) is 32.0 Å². The van der Waals surface area contributed by atoms with E-state index in [1.807, 2.05) is 29.2 Å². The van der Waals surface area contributed by atoms with Gasteiger partial charge in [-0.15, -0.1) is 0 Å². The van der Waals surface area contributed by atoms with Crippen molar-refractivity contribution >= 4 is 11.8 Å². The van der Waals surface area contributed by atoms with E-state index in [0.717, 1.165) is 24.1 Å². The van der Waals surface area contributed by atoms with E-state index in [9.17, 15) is 9.59 Å². The molecule has 0 bridgehead atoms. The first-order valence-corrected chi connectivity index (χ1v) is 8.17. The summed E-state index contributed by atoms with van der Waals surface area (Å²) in [5.74, 6) is 0.208. The monoisotopic (exact) mass is 317 g/mol. The second-order valence-corrected chi connectivity index (χ2v) is 6.03. The average Bonchev–Trinajstić information content (AvgIpc) is 2.99. The molecule has 0 saturated carbocycles. The number of hydrogen-bond acceptors (Lipinski definition) is 4. The Bertz CT molecular complexity index is 553. The number of benzene rings is 1. The van der Waals surface area contributed by atoms with Gasteiger partial charge in [-0.1, -0.05) is 24.3 Å². The minimum absolute atomic E-state index is 0.0311. The van der Waals surface area contributed by atoms with Crippen LogP contribution in [-0.2, 0) is 27.4 Å². The molecule has 23 heavy (non-hydrogen) atoms. The van der Waals surface area contributed by atoms with Crippen LogP contribution in [0.15, 0.2) is 24.3 Å². The van der Waals surface area contributed by atoms with Crippen molar-refractivity contribution in [1.82, 2.24) is 15.5 Å². The molecule has 6 heteroatoms. The van der Waals surface area contributed by atoms with Crippen LogP contribution in [0.2, 0.25) is 0 Å². The molecule has 1 aromatic carbocycles. The van der Waals surface area contributed by atoms with Crippen LogP contribution in [0.3, 0.4) is 0 Å². The molecule has 0 radical (unpaired) electrons. The lowest BCUT2D eigenvalue weighted by molar-refractivity contribution is -0.128. The topological polar surface area (TPSA) is 70.7 Å². The van der Waals surface area contributed by atoms with E-state index >= 15 is 0 Å². The molecule has 1 unspecified atom stereocenters. The Morgan fingerprint density at radius 2 is 2.09 bits per heavy atom. The molecule has 3 rings (SSSR count). The summed E-state index contributed by atoms with van der Waals surface area (Å²) in [6, 6.07) is 7.79. The largest absolute Gasteiger partial charge is 0.378 e. The van der Waals surface area contributed by atoms with Gasteiger partial charge in [-0.2, -0.15) is 0 Å². The third-order valence-corrected chi connectivity index (χ3v) is 4.27. The van der Waals surface area contributed by atoms with Gasteiger partial charge in [0.2, 0.25) is 11.8 Å². The van der Waals surface area contributed by atoms with Crippen molar-refractivity contribution in [3.05, 3.63) is 35.4 Å². The van der Waals surface area contributed by atoms with Crippen molar-refractivity contribution < 1.29 is 14.3 Å². The molecule has 2 fully saturated rings. The Morgan fingerprint density at radius 1 is 1.30 bits per heavy atom. The van der Waals surface area contributed by atoms with Crippen molar-refractivity contribution in [3.8, 4) is 0 Å². The van der Waals surface area contributed by atoms with Crippen molar-refractivity contribution in [3.63, 3.8) is 0 Å². The van der Waals surface area contributed by atoms with E-state index in [2.05, 4.69) is 10.6 Å². The quantitative estimate of drug-likeness (QED) is 0.825. The van der Waals surface area contributed by atoms with Gasteiger partial charge in [0.15, 0.2) is 0 Å². The summed E-state index contributed by atoms with van der Waals surface area (Å²) < 4.78 is 5.29. The maximum absolute atomic E-state index is 12.0. The molecule has 0 spiro atoms. The normalized spacial score (nSPS) is 21.5. The number of hydrogen-bond donors (Lipinski definition) is 2. The maximum Gasteiger partial charge on any atom is 0.239 e. The highest BCUT2D eigenvalue weighted by Gasteiger charge is 2.21. The van der Waals surface area contributed by atoms with E-state index in [1.54, 1.807) is 0 Å². The third-order valence-electron chi connectivity index (χ3n) is 4.27. The number of likely N-dealkylation sites (tertiary alicyclic amines) is 1. The van der Waals surface area contributed by atoms with Crippen molar-refractivity contribution in [1.29, 1.82) is 0 Å². The smallest absolute Gasteiger partial charge is 0.239 e. The third kappa shape index (κ3) is 4.30. The highest BCUT2D eigenvalue weighted by molar-refractivity contribution is 5.82. The number of nitrogens with zero attached hydrogens (tertiary/aromatic N) is 1. The van der Waals surface area contributed by atoms with Gasteiger partial charge in [-0.25, -0.2) is 0 Å². The molecule has 2 heterocycles. The molecular formula is C17H23N3O3. The lowest BCUT2D eigenvalue weighted by atomic mass is 10.1. The number of ether oxygens (including phenoxy) is 1. The fourth-order valence-corrected chi connectivity index (χ4v) is 2.90. The Kier molecular flexibility index (Phi) is 5.25. The number of carbonyl (C=O) groups is 2. The van der Waals surface area contributed by atoms with Crippen molar-refractivity contribution in [2.24, 2.45) is 0 Å². The summed E-state index contributed by atoms with van der Waals surface area (Å²) in [7, 11) is 0. The molecule has 124 valence electrons. The Balaban J connectivity index is 1.47. The van der Waals surface area contributed by atoms with Gasteiger partial charge in [0, 0.05) is 32.6 Å². The fraction of sp³-hybridized carbons (Fsp3) is 0.529. The molecule has 0 aliphatic carbocycles. The second-order valence-electron chi connectivity index (χ2n) is 6.03. The first-order chi connectivity index (χ1) is 11.2. The minimum Gasteiger partial charge on any atom is -0.378 e. The van der Waals surface area contributed by atoms with E-state index in [4.69, 9.17) is 4.74 Å². The molecule has 0 aromatic heterocycles. The van der Waals surface area contributed by atoms with Crippen molar-refractivity contribution in [2.75, 3.05) is 26.3 Å². The molecule has 2 aliphatic rings. The Labute approximate surface area is 136 Å². The first kappa shape index (κ1) is 16.0. The predicted octanol–water partition coefficient (Wildman–Crippen LogP) is 0.414. The van der Waals surface area contributed by atoms with Crippen LogP contribution in [0.5, 0.6) is 0 Å². The van der Waals surface area contributed by atoms with E-state index in [0.29, 0.717) is 39.3 Å². The molecule has 2 N–H and O–H groups in total. The standard InChI is InChI=1S/C17H23N3O3/c21-16-2-1-8-20(16)11-14-5-3-13(4-6-14)10-19-17(22)15-12-23-9-7-18-15/h3-6,15,18H,1-2,7-12H2,(H,19,22). The van der Waals surface area contributed by atoms with Crippen LogP contribution in [-0.4, -0.2) is 49.1 Å². The van der Waals surface area contributed by atoms with Gasteiger partial charge in [-0.05, 0) is 17.5 Å². The SMILES string of the molecule is O=C(NCc1ccc(CN2CCCC2=O)cc1)C1COCCN1. The van der Waals surface area contributed by atoms with Crippen LogP contribution >= 0.6 is 0 Å². The predicted molar refractivity (Wildman–Crippen MR) is 85.5 cm³/mol. The molecule has 1 atom stereocenters. The average molecular weight is 317 g/mol. The summed E-state index contributed by atoms with van der Waals surface area (Å²) in [6.45, 7) is 3.82. The van der Waals surface area contributed by atoms with Gasteiger partial charge < -0.3 is 20.3 Å². The van der Waals surface area contributed by atoms with Crippen LogP contribution < -0.4 is 10.6 Å². The molecule has 2 amide bonds. The number of amides is 2. The molecule has 2 aliphatic heterocycles. The highest BCUT2D eigenvalue weighted by atomic mass is 16.5. The van der Waals surface area contributed by atoms with Crippen LogP contribution in [0.25, 0.3) is 0 Å². The van der Waals surface area contributed by atoms with Gasteiger partial charge in [-0.3, -0.25) is 9.59 Å². The summed E-state index contributed by atoms with van der Waals surface area (Å²) in [5.41, 5.74) is 2.17. The summed E-state index contributed by atoms with van der Waals surface area (Å²) in [5, 5.41) is 6.06. The molecule has 6 nitrogen and oxygen atoms in total. The van der Waals surface area contributed by atoms with E-state index < -0.39 is 0 Å². The zero-order valence-corrected chi connectivity index (χ0v) is 13.2. The second kappa shape index (κ2) is 7.57. The number of morpholine rings is 1. The van der Waals surface area contributed by atoms with Gasteiger partial charge >= 0.3 is 0 Å². The zero-order valence-electron chi connectivity index (χ0n) is 13.2. The zero-order chi connectivity index (χ0) is 16.1. The van der Waals surface area contributed by atoms with Crippen LogP contribution in [0.4, 0.5) is 0 Å².